The normalized spacial score (nSPS) is 12.2. The molecule has 2 aromatic rings. The standard InChI is InChI=1S/C17H16ClF3N2O3S2/c1-23(2)28(25,26)13-5-3-4-11(8-13)22-16(24)10-27-12-6-7-15(18)14(9-12)17(19,20)21/h3-9H,10H2,1-2H3,(H,22,24). The van der Waals surface area contributed by atoms with Crippen LogP contribution in [0, 0.1) is 0 Å². The lowest BCUT2D eigenvalue weighted by molar-refractivity contribution is -0.137. The van der Waals surface area contributed by atoms with Crippen LogP contribution in [0.4, 0.5) is 18.9 Å². The van der Waals surface area contributed by atoms with Crippen LogP contribution in [0.1, 0.15) is 5.56 Å². The minimum atomic E-state index is -4.59. The molecule has 11 heteroatoms. The van der Waals surface area contributed by atoms with E-state index < -0.39 is 32.7 Å². The van der Waals surface area contributed by atoms with Crippen LogP contribution >= 0.6 is 23.4 Å². The third-order valence-electron chi connectivity index (χ3n) is 3.51. The number of halogens is 4. The van der Waals surface area contributed by atoms with E-state index in [1.807, 2.05) is 0 Å². The maximum atomic E-state index is 12.9. The molecule has 0 aromatic heterocycles. The zero-order chi connectivity index (χ0) is 21.1. The molecule has 0 spiro atoms. The van der Waals surface area contributed by atoms with Crippen molar-refractivity contribution >= 4 is 45.0 Å². The van der Waals surface area contributed by atoms with Gasteiger partial charge in [-0.15, -0.1) is 11.8 Å². The van der Waals surface area contributed by atoms with Gasteiger partial charge in [-0.25, -0.2) is 12.7 Å². The number of carbonyl (C=O) groups is 1. The fourth-order valence-electron chi connectivity index (χ4n) is 2.10. The van der Waals surface area contributed by atoms with Gasteiger partial charge in [0.05, 0.1) is 21.2 Å². The molecule has 0 saturated carbocycles. The quantitative estimate of drug-likeness (QED) is 0.662. The number of alkyl halides is 3. The molecule has 0 aliphatic carbocycles. The van der Waals surface area contributed by atoms with E-state index in [-0.39, 0.29) is 21.2 Å². The molecule has 0 heterocycles. The van der Waals surface area contributed by atoms with E-state index in [4.69, 9.17) is 11.6 Å². The van der Waals surface area contributed by atoms with Crippen LogP contribution in [0.15, 0.2) is 52.3 Å². The van der Waals surface area contributed by atoms with Crippen molar-refractivity contribution < 1.29 is 26.4 Å². The number of benzene rings is 2. The predicted octanol–water partition coefficient (Wildman–Crippen LogP) is 4.34. The third-order valence-corrected chi connectivity index (χ3v) is 6.64. The van der Waals surface area contributed by atoms with Gasteiger partial charge in [0.1, 0.15) is 0 Å². The molecule has 0 bridgehead atoms. The molecule has 2 aromatic carbocycles. The molecule has 152 valence electrons. The average Bonchev–Trinajstić information content (AvgIpc) is 2.60. The largest absolute Gasteiger partial charge is 0.417 e. The summed E-state index contributed by atoms with van der Waals surface area (Å²) in [7, 11) is -0.881. The second-order valence-corrected chi connectivity index (χ2v) is 9.40. The highest BCUT2D eigenvalue weighted by molar-refractivity contribution is 8.00. The molecule has 0 saturated heterocycles. The molecule has 0 unspecified atom stereocenters. The van der Waals surface area contributed by atoms with Gasteiger partial charge in [-0.05, 0) is 36.4 Å². The number of carbonyl (C=O) groups excluding carboxylic acids is 1. The number of sulfonamides is 1. The van der Waals surface area contributed by atoms with Crippen molar-refractivity contribution in [2.24, 2.45) is 0 Å². The molecule has 0 atom stereocenters. The maximum Gasteiger partial charge on any atom is 0.417 e. The Morgan fingerprint density at radius 2 is 1.86 bits per heavy atom. The molecule has 0 fully saturated rings. The molecule has 1 amide bonds. The topological polar surface area (TPSA) is 66.5 Å². The fraction of sp³-hybridized carbons (Fsp3) is 0.235. The van der Waals surface area contributed by atoms with Gasteiger partial charge >= 0.3 is 6.18 Å². The summed E-state index contributed by atoms with van der Waals surface area (Å²) in [6, 6.07) is 9.09. The van der Waals surface area contributed by atoms with E-state index in [9.17, 15) is 26.4 Å². The highest BCUT2D eigenvalue weighted by atomic mass is 35.5. The van der Waals surface area contributed by atoms with Crippen LogP contribution in [0.2, 0.25) is 5.02 Å². The number of thioether (sulfide) groups is 1. The van der Waals surface area contributed by atoms with Crippen molar-refractivity contribution in [2.75, 3.05) is 25.2 Å². The molecule has 0 radical (unpaired) electrons. The molecule has 28 heavy (non-hydrogen) atoms. The highest BCUT2D eigenvalue weighted by Gasteiger charge is 2.33. The monoisotopic (exact) mass is 452 g/mol. The van der Waals surface area contributed by atoms with Crippen molar-refractivity contribution in [1.82, 2.24) is 4.31 Å². The van der Waals surface area contributed by atoms with Crippen molar-refractivity contribution in [2.45, 2.75) is 16.0 Å². The fourth-order valence-corrected chi connectivity index (χ4v) is 4.01. The third kappa shape index (κ3) is 5.63. The van der Waals surface area contributed by atoms with Crippen molar-refractivity contribution in [3.8, 4) is 0 Å². The number of hydrogen-bond donors (Lipinski definition) is 1. The Morgan fingerprint density at radius 3 is 2.46 bits per heavy atom. The lowest BCUT2D eigenvalue weighted by Gasteiger charge is -2.13. The Bertz CT molecular complexity index is 980. The Balaban J connectivity index is 2.06. The Hall–Kier alpha value is -1.75. The Labute approximate surface area is 169 Å². The molecule has 2 rings (SSSR count). The van der Waals surface area contributed by atoms with E-state index >= 15 is 0 Å². The zero-order valence-electron chi connectivity index (χ0n) is 14.7. The minimum Gasteiger partial charge on any atom is -0.325 e. The maximum absolute atomic E-state index is 12.9. The van der Waals surface area contributed by atoms with E-state index in [1.165, 1.54) is 44.4 Å². The molecular formula is C17H16ClF3N2O3S2. The lowest BCUT2D eigenvalue weighted by atomic mass is 10.2. The van der Waals surface area contributed by atoms with Crippen molar-refractivity contribution in [1.29, 1.82) is 0 Å². The molecular weight excluding hydrogens is 437 g/mol. The van der Waals surface area contributed by atoms with Gasteiger partial charge in [0, 0.05) is 24.7 Å². The second-order valence-electron chi connectivity index (χ2n) is 5.79. The van der Waals surface area contributed by atoms with Crippen LogP contribution in [0.3, 0.4) is 0 Å². The second kappa shape index (κ2) is 8.73. The van der Waals surface area contributed by atoms with Gasteiger partial charge in [-0.3, -0.25) is 4.79 Å². The molecule has 0 aliphatic rings. The van der Waals surface area contributed by atoms with Gasteiger partial charge in [0.2, 0.25) is 15.9 Å². The van der Waals surface area contributed by atoms with Crippen LogP contribution < -0.4 is 5.32 Å². The van der Waals surface area contributed by atoms with Crippen LogP contribution in [-0.4, -0.2) is 38.5 Å². The van der Waals surface area contributed by atoms with E-state index in [0.717, 1.165) is 28.2 Å². The molecule has 5 nitrogen and oxygen atoms in total. The van der Waals surface area contributed by atoms with Gasteiger partial charge in [0.25, 0.3) is 0 Å². The van der Waals surface area contributed by atoms with Gasteiger partial charge in [-0.2, -0.15) is 13.2 Å². The smallest absolute Gasteiger partial charge is 0.325 e. The van der Waals surface area contributed by atoms with Gasteiger partial charge in [-0.1, -0.05) is 17.7 Å². The Kier molecular flexibility index (Phi) is 7.02. The van der Waals surface area contributed by atoms with Crippen LogP contribution in [0.25, 0.3) is 0 Å². The number of amides is 1. The first-order valence-corrected chi connectivity index (χ1v) is 10.5. The highest BCUT2D eigenvalue weighted by Crippen LogP contribution is 2.37. The Morgan fingerprint density at radius 1 is 1.18 bits per heavy atom. The SMILES string of the molecule is CN(C)S(=O)(=O)c1cccc(NC(=O)CSc2ccc(Cl)c(C(F)(F)F)c2)c1. The summed E-state index contributed by atoms with van der Waals surface area (Å²) in [5, 5.41) is 2.11. The summed E-state index contributed by atoms with van der Waals surface area (Å²) in [6.45, 7) is 0. The zero-order valence-corrected chi connectivity index (χ0v) is 17.1. The number of nitrogens with zero attached hydrogens (tertiary/aromatic N) is 1. The van der Waals surface area contributed by atoms with Crippen molar-refractivity contribution in [3.05, 3.63) is 53.1 Å². The summed E-state index contributed by atoms with van der Waals surface area (Å²) < 4.78 is 63.9. The van der Waals surface area contributed by atoms with Gasteiger partial charge in [0.15, 0.2) is 0 Å². The number of nitrogens with one attached hydrogen (secondary N) is 1. The van der Waals surface area contributed by atoms with Crippen molar-refractivity contribution in [3.63, 3.8) is 0 Å². The summed E-state index contributed by atoms with van der Waals surface area (Å²) in [6.07, 6.45) is -4.59. The lowest BCUT2D eigenvalue weighted by Crippen LogP contribution is -2.22. The number of rotatable bonds is 6. The van der Waals surface area contributed by atoms with Crippen LogP contribution in [-0.2, 0) is 21.0 Å². The first kappa shape index (κ1) is 22.5. The summed E-state index contributed by atoms with van der Waals surface area (Å²) in [4.78, 5) is 12.3. The summed E-state index contributed by atoms with van der Waals surface area (Å²) >= 11 is 6.47. The average molecular weight is 453 g/mol. The minimum absolute atomic E-state index is 0.00970. The van der Waals surface area contributed by atoms with E-state index in [2.05, 4.69) is 5.32 Å². The predicted molar refractivity (Wildman–Crippen MR) is 103 cm³/mol. The molecule has 1 N–H and O–H groups in total. The molecule has 0 aliphatic heterocycles. The van der Waals surface area contributed by atoms with E-state index in [0.29, 0.717) is 0 Å². The number of anilines is 1. The van der Waals surface area contributed by atoms with Crippen LogP contribution in [0.5, 0.6) is 0 Å². The van der Waals surface area contributed by atoms with Gasteiger partial charge < -0.3 is 5.32 Å². The first-order valence-electron chi connectivity index (χ1n) is 7.73. The summed E-state index contributed by atoms with van der Waals surface area (Å²) in [5.74, 6) is -0.656. The first-order chi connectivity index (χ1) is 12.9. The summed E-state index contributed by atoms with van der Waals surface area (Å²) in [5.41, 5.74) is -0.707. The van der Waals surface area contributed by atoms with E-state index in [1.54, 1.807) is 0 Å². The number of hydrogen-bond acceptors (Lipinski definition) is 4.